The van der Waals surface area contributed by atoms with Crippen LogP contribution in [0.4, 0.5) is 0 Å². The summed E-state index contributed by atoms with van der Waals surface area (Å²) in [6, 6.07) is 4.67. The van der Waals surface area contributed by atoms with Gasteiger partial charge < -0.3 is 5.73 Å². The Morgan fingerprint density at radius 2 is 2.19 bits per heavy atom. The van der Waals surface area contributed by atoms with E-state index >= 15 is 0 Å². The van der Waals surface area contributed by atoms with E-state index in [1.165, 1.54) is 6.07 Å². The third-order valence-electron chi connectivity index (χ3n) is 3.00. The van der Waals surface area contributed by atoms with Gasteiger partial charge in [-0.2, -0.15) is 5.10 Å². The summed E-state index contributed by atoms with van der Waals surface area (Å²) in [5.74, 6) is 0. The standard InChI is InChI=1S/C13H16N4O2S2/c1-9-5-11(3-4-12(9)13(14)20)21(18,19)16-7-10-6-15-17(2)8-10/h3-6,8,16H,7H2,1-2H3,(H2,14,20). The van der Waals surface area contributed by atoms with Crippen LogP contribution in [0.25, 0.3) is 0 Å². The van der Waals surface area contributed by atoms with Crippen LogP contribution in [0.2, 0.25) is 0 Å². The number of aryl methyl sites for hydroxylation is 2. The lowest BCUT2D eigenvalue weighted by molar-refractivity contribution is 0.581. The predicted octanol–water partition coefficient (Wildman–Crippen LogP) is 0.841. The summed E-state index contributed by atoms with van der Waals surface area (Å²) < 4.78 is 28.6. The van der Waals surface area contributed by atoms with Gasteiger partial charge in [-0.25, -0.2) is 13.1 Å². The molecule has 1 aromatic heterocycles. The molecule has 0 aliphatic carbocycles. The highest BCUT2D eigenvalue weighted by molar-refractivity contribution is 7.89. The zero-order valence-electron chi connectivity index (χ0n) is 11.7. The summed E-state index contributed by atoms with van der Waals surface area (Å²) in [6.45, 7) is 1.96. The highest BCUT2D eigenvalue weighted by Crippen LogP contribution is 2.15. The monoisotopic (exact) mass is 324 g/mol. The molecule has 0 saturated heterocycles. The van der Waals surface area contributed by atoms with Crippen molar-refractivity contribution in [1.29, 1.82) is 0 Å². The zero-order valence-corrected chi connectivity index (χ0v) is 13.3. The Kier molecular flexibility index (Phi) is 4.40. The molecule has 0 radical (unpaired) electrons. The number of thiocarbonyl (C=S) groups is 1. The highest BCUT2D eigenvalue weighted by atomic mass is 32.2. The Morgan fingerprint density at radius 1 is 1.48 bits per heavy atom. The molecule has 0 amide bonds. The lowest BCUT2D eigenvalue weighted by atomic mass is 10.1. The Hall–Kier alpha value is -1.77. The summed E-state index contributed by atoms with van der Waals surface area (Å²) in [5, 5.41) is 3.99. The molecule has 8 heteroatoms. The number of hydrogen-bond acceptors (Lipinski definition) is 4. The second-order valence-electron chi connectivity index (χ2n) is 4.69. The van der Waals surface area contributed by atoms with Gasteiger partial charge in [0.05, 0.1) is 11.1 Å². The average Bonchev–Trinajstić information content (AvgIpc) is 2.82. The van der Waals surface area contributed by atoms with E-state index in [4.69, 9.17) is 18.0 Å². The van der Waals surface area contributed by atoms with E-state index < -0.39 is 10.0 Å². The molecule has 0 atom stereocenters. The summed E-state index contributed by atoms with van der Waals surface area (Å²) in [5.41, 5.74) is 7.76. The maximum absolute atomic E-state index is 12.2. The van der Waals surface area contributed by atoms with Crippen molar-refractivity contribution in [3.8, 4) is 0 Å². The van der Waals surface area contributed by atoms with Gasteiger partial charge in [-0.05, 0) is 24.6 Å². The van der Waals surface area contributed by atoms with Crippen molar-refractivity contribution in [2.45, 2.75) is 18.4 Å². The lowest BCUT2D eigenvalue weighted by Gasteiger charge is -2.09. The molecule has 1 heterocycles. The van der Waals surface area contributed by atoms with Crippen LogP contribution >= 0.6 is 12.2 Å². The van der Waals surface area contributed by atoms with Crippen LogP contribution in [0.3, 0.4) is 0 Å². The summed E-state index contributed by atoms with van der Waals surface area (Å²) in [7, 11) is -1.81. The van der Waals surface area contributed by atoms with Gasteiger partial charge in [0.25, 0.3) is 0 Å². The third kappa shape index (κ3) is 3.66. The first-order chi connectivity index (χ1) is 9.79. The van der Waals surface area contributed by atoms with Gasteiger partial charge in [0.15, 0.2) is 0 Å². The lowest BCUT2D eigenvalue weighted by Crippen LogP contribution is -2.23. The molecule has 0 unspecified atom stereocenters. The van der Waals surface area contributed by atoms with Gasteiger partial charge in [-0.15, -0.1) is 0 Å². The van der Waals surface area contributed by atoms with E-state index in [2.05, 4.69) is 9.82 Å². The Labute approximate surface area is 129 Å². The number of rotatable bonds is 5. The Bertz CT molecular complexity index is 781. The molecule has 0 aliphatic heterocycles. The molecule has 2 rings (SSSR count). The first kappa shape index (κ1) is 15.6. The minimum Gasteiger partial charge on any atom is -0.389 e. The van der Waals surface area contributed by atoms with Crippen LogP contribution in [-0.2, 0) is 23.6 Å². The summed E-state index contributed by atoms with van der Waals surface area (Å²) in [6.07, 6.45) is 3.37. The minimum absolute atomic E-state index is 0.184. The molecular weight excluding hydrogens is 308 g/mol. The second kappa shape index (κ2) is 5.92. The number of sulfonamides is 1. The SMILES string of the molecule is Cc1cc(S(=O)(=O)NCc2cnn(C)c2)ccc1C(N)=S. The van der Waals surface area contributed by atoms with Crippen molar-refractivity contribution in [1.82, 2.24) is 14.5 Å². The molecular formula is C13H16N4O2S2. The van der Waals surface area contributed by atoms with E-state index in [9.17, 15) is 8.42 Å². The van der Waals surface area contributed by atoms with Crippen LogP contribution in [0, 0.1) is 6.92 Å². The fourth-order valence-corrected chi connectivity index (χ4v) is 3.24. The third-order valence-corrected chi connectivity index (χ3v) is 4.62. The van der Waals surface area contributed by atoms with Crippen LogP contribution in [0.1, 0.15) is 16.7 Å². The molecule has 0 fully saturated rings. The average molecular weight is 324 g/mol. The molecule has 21 heavy (non-hydrogen) atoms. The van der Waals surface area contributed by atoms with E-state index in [0.29, 0.717) is 5.56 Å². The van der Waals surface area contributed by atoms with Gasteiger partial charge in [0.1, 0.15) is 4.99 Å². The number of nitrogens with one attached hydrogen (secondary N) is 1. The number of hydrogen-bond donors (Lipinski definition) is 2. The maximum atomic E-state index is 12.2. The van der Waals surface area contributed by atoms with Gasteiger partial charge in [0, 0.05) is 30.9 Å². The van der Waals surface area contributed by atoms with E-state index in [1.807, 2.05) is 0 Å². The van der Waals surface area contributed by atoms with Crippen molar-refractivity contribution in [2.24, 2.45) is 12.8 Å². The fraction of sp³-hybridized carbons (Fsp3) is 0.231. The van der Waals surface area contributed by atoms with E-state index in [-0.39, 0.29) is 16.4 Å². The molecule has 3 N–H and O–H groups in total. The first-order valence-electron chi connectivity index (χ1n) is 6.17. The van der Waals surface area contributed by atoms with Crippen molar-refractivity contribution in [3.05, 3.63) is 47.3 Å². The molecule has 0 bridgehead atoms. The molecule has 2 aromatic rings. The molecule has 0 spiro atoms. The topological polar surface area (TPSA) is 90.0 Å². The molecule has 0 aliphatic rings. The van der Waals surface area contributed by atoms with Gasteiger partial charge in [-0.3, -0.25) is 4.68 Å². The van der Waals surface area contributed by atoms with Crippen LogP contribution in [0.5, 0.6) is 0 Å². The molecule has 112 valence electrons. The Balaban J connectivity index is 2.19. The van der Waals surface area contributed by atoms with E-state index in [0.717, 1.165) is 11.1 Å². The van der Waals surface area contributed by atoms with Crippen molar-refractivity contribution in [2.75, 3.05) is 0 Å². The molecule has 0 saturated carbocycles. The van der Waals surface area contributed by atoms with E-state index in [1.54, 1.807) is 43.2 Å². The van der Waals surface area contributed by atoms with Gasteiger partial charge in [-0.1, -0.05) is 18.3 Å². The van der Waals surface area contributed by atoms with Crippen LogP contribution in [0.15, 0.2) is 35.5 Å². The Morgan fingerprint density at radius 3 is 2.71 bits per heavy atom. The number of nitrogens with zero attached hydrogens (tertiary/aromatic N) is 2. The maximum Gasteiger partial charge on any atom is 0.240 e. The molecule has 1 aromatic carbocycles. The number of aromatic nitrogens is 2. The number of nitrogens with two attached hydrogens (primary N) is 1. The number of benzene rings is 1. The quantitative estimate of drug-likeness (QED) is 0.796. The highest BCUT2D eigenvalue weighted by Gasteiger charge is 2.15. The smallest absolute Gasteiger partial charge is 0.240 e. The van der Waals surface area contributed by atoms with Crippen molar-refractivity contribution >= 4 is 27.2 Å². The largest absolute Gasteiger partial charge is 0.389 e. The zero-order chi connectivity index (χ0) is 15.6. The van der Waals surface area contributed by atoms with Gasteiger partial charge in [0.2, 0.25) is 10.0 Å². The summed E-state index contributed by atoms with van der Waals surface area (Å²) in [4.78, 5) is 0.434. The predicted molar refractivity (Wildman–Crippen MR) is 84.3 cm³/mol. The summed E-state index contributed by atoms with van der Waals surface area (Å²) >= 11 is 4.91. The second-order valence-corrected chi connectivity index (χ2v) is 6.89. The van der Waals surface area contributed by atoms with Crippen LogP contribution < -0.4 is 10.5 Å². The molecule has 6 nitrogen and oxygen atoms in total. The first-order valence-corrected chi connectivity index (χ1v) is 8.06. The minimum atomic E-state index is -3.59. The normalized spacial score (nSPS) is 11.5. The van der Waals surface area contributed by atoms with Crippen molar-refractivity contribution in [3.63, 3.8) is 0 Å². The van der Waals surface area contributed by atoms with Crippen molar-refractivity contribution < 1.29 is 8.42 Å². The van der Waals surface area contributed by atoms with Crippen LogP contribution in [-0.4, -0.2) is 23.2 Å². The van der Waals surface area contributed by atoms with Gasteiger partial charge >= 0.3 is 0 Å². The fourth-order valence-electron chi connectivity index (χ4n) is 1.90.